The van der Waals surface area contributed by atoms with E-state index in [9.17, 15) is 9.90 Å². The second kappa shape index (κ2) is 8.38. The van der Waals surface area contributed by atoms with Gasteiger partial charge in [-0.25, -0.2) is 0 Å². The molecule has 1 aromatic heterocycles. The van der Waals surface area contributed by atoms with Crippen molar-refractivity contribution in [1.29, 1.82) is 0 Å². The first kappa shape index (κ1) is 18.5. The van der Waals surface area contributed by atoms with Crippen LogP contribution in [0.4, 0.5) is 0 Å². The number of carbonyl (C=O) groups is 1. The van der Waals surface area contributed by atoms with Gasteiger partial charge in [0.1, 0.15) is 18.5 Å². The molecule has 6 heteroatoms. The van der Waals surface area contributed by atoms with E-state index < -0.39 is 6.10 Å². The maximum Gasteiger partial charge on any atom is 0.289 e. The van der Waals surface area contributed by atoms with Crippen LogP contribution in [-0.2, 0) is 0 Å². The number of piperazine rings is 1. The van der Waals surface area contributed by atoms with E-state index in [-0.39, 0.29) is 12.5 Å². The van der Waals surface area contributed by atoms with Crippen molar-refractivity contribution < 1.29 is 19.1 Å². The van der Waals surface area contributed by atoms with E-state index in [2.05, 4.69) is 11.0 Å². The number of benzene rings is 1. The lowest BCUT2D eigenvalue weighted by Crippen LogP contribution is -2.50. The molecule has 0 unspecified atom stereocenters. The highest BCUT2D eigenvalue weighted by molar-refractivity contribution is 5.91. The number of nitrogens with zero attached hydrogens (tertiary/aromatic N) is 2. The summed E-state index contributed by atoms with van der Waals surface area (Å²) in [4.78, 5) is 16.2. The summed E-state index contributed by atoms with van der Waals surface area (Å²) >= 11 is 0. The molecule has 3 rings (SSSR count). The summed E-state index contributed by atoms with van der Waals surface area (Å²) in [5.74, 6) is 1.09. The minimum atomic E-state index is -0.567. The molecule has 6 nitrogen and oxygen atoms in total. The number of ether oxygens (including phenoxy) is 1. The van der Waals surface area contributed by atoms with E-state index in [0.29, 0.717) is 25.4 Å². The Bertz CT molecular complexity index is 701. The van der Waals surface area contributed by atoms with E-state index >= 15 is 0 Å². The van der Waals surface area contributed by atoms with Gasteiger partial charge in [0.15, 0.2) is 5.76 Å². The predicted molar refractivity (Wildman–Crippen MR) is 98.5 cm³/mol. The minimum Gasteiger partial charge on any atom is -0.491 e. The van der Waals surface area contributed by atoms with E-state index in [1.165, 1.54) is 6.26 Å². The second-order valence-electron chi connectivity index (χ2n) is 6.86. The molecule has 0 aliphatic carbocycles. The summed E-state index contributed by atoms with van der Waals surface area (Å²) < 4.78 is 10.9. The molecule has 1 aliphatic heterocycles. The van der Waals surface area contributed by atoms with Crippen molar-refractivity contribution in [1.82, 2.24) is 9.80 Å². The third kappa shape index (κ3) is 4.86. The first-order valence-electron chi connectivity index (χ1n) is 8.95. The Morgan fingerprint density at radius 1 is 1.19 bits per heavy atom. The van der Waals surface area contributed by atoms with Crippen molar-refractivity contribution >= 4 is 5.91 Å². The fourth-order valence-corrected chi connectivity index (χ4v) is 3.25. The normalized spacial score (nSPS) is 16.5. The molecule has 140 valence electrons. The van der Waals surface area contributed by atoms with E-state index in [1.54, 1.807) is 17.0 Å². The number of rotatable bonds is 6. The van der Waals surface area contributed by atoms with Crippen molar-refractivity contribution in [2.45, 2.75) is 20.0 Å². The zero-order chi connectivity index (χ0) is 18.5. The lowest BCUT2D eigenvalue weighted by Gasteiger charge is -2.35. The highest BCUT2D eigenvalue weighted by atomic mass is 16.5. The summed E-state index contributed by atoms with van der Waals surface area (Å²) in [5, 5.41) is 10.3. The Hall–Kier alpha value is -2.31. The number of amides is 1. The number of aliphatic hydroxyl groups is 1. The Morgan fingerprint density at radius 2 is 1.88 bits per heavy atom. The maximum atomic E-state index is 12.2. The maximum absolute atomic E-state index is 12.2. The molecule has 1 atom stereocenters. The molecule has 1 aliphatic rings. The molecule has 2 heterocycles. The monoisotopic (exact) mass is 358 g/mol. The van der Waals surface area contributed by atoms with Gasteiger partial charge in [-0.3, -0.25) is 9.69 Å². The van der Waals surface area contributed by atoms with Crippen molar-refractivity contribution in [2.75, 3.05) is 39.3 Å². The Morgan fingerprint density at radius 3 is 2.50 bits per heavy atom. The van der Waals surface area contributed by atoms with E-state index in [0.717, 1.165) is 30.0 Å². The van der Waals surface area contributed by atoms with Crippen LogP contribution >= 0.6 is 0 Å². The molecule has 2 aromatic rings. The number of aryl methyl sites for hydroxylation is 2. The third-order valence-corrected chi connectivity index (χ3v) is 4.50. The number of hydrogen-bond acceptors (Lipinski definition) is 5. The smallest absolute Gasteiger partial charge is 0.289 e. The lowest BCUT2D eigenvalue weighted by atomic mass is 10.1. The molecule has 0 bridgehead atoms. The summed E-state index contributed by atoms with van der Waals surface area (Å²) in [5.41, 5.74) is 2.29. The molecule has 1 saturated heterocycles. The lowest BCUT2D eigenvalue weighted by molar-refractivity contribution is 0.0389. The van der Waals surface area contributed by atoms with Gasteiger partial charge in [0.25, 0.3) is 5.91 Å². The van der Waals surface area contributed by atoms with E-state index in [1.807, 2.05) is 26.0 Å². The zero-order valence-electron chi connectivity index (χ0n) is 15.4. The molecule has 1 aromatic carbocycles. The van der Waals surface area contributed by atoms with Crippen LogP contribution in [-0.4, -0.2) is 66.2 Å². The Balaban J connectivity index is 1.42. The first-order valence-corrected chi connectivity index (χ1v) is 8.95. The predicted octanol–water partition coefficient (Wildman–Crippen LogP) is 2.09. The van der Waals surface area contributed by atoms with Crippen LogP contribution < -0.4 is 4.74 Å². The van der Waals surface area contributed by atoms with Crippen LogP contribution in [0.3, 0.4) is 0 Å². The average molecular weight is 358 g/mol. The standard InChI is InChI=1S/C20H26N2O4/c1-15-10-16(2)12-18(11-15)26-14-17(23)13-21-5-7-22(8-6-21)20(24)19-4-3-9-25-19/h3-4,9-12,17,23H,5-8,13-14H2,1-2H3/t17-/m0/s1. The highest BCUT2D eigenvalue weighted by Gasteiger charge is 2.24. The molecule has 0 radical (unpaired) electrons. The topological polar surface area (TPSA) is 66.2 Å². The van der Waals surface area contributed by atoms with Gasteiger partial charge in [-0.15, -0.1) is 0 Å². The fourth-order valence-electron chi connectivity index (χ4n) is 3.25. The molecular weight excluding hydrogens is 332 g/mol. The highest BCUT2D eigenvalue weighted by Crippen LogP contribution is 2.16. The fraction of sp³-hybridized carbons (Fsp3) is 0.450. The Labute approximate surface area is 154 Å². The number of aliphatic hydroxyl groups excluding tert-OH is 1. The molecule has 0 saturated carbocycles. The third-order valence-electron chi connectivity index (χ3n) is 4.50. The Kier molecular flexibility index (Phi) is 5.96. The van der Waals surface area contributed by atoms with Gasteiger partial charge in [0, 0.05) is 32.7 Å². The van der Waals surface area contributed by atoms with Gasteiger partial charge in [-0.05, 0) is 49.2 Å². The molecule has 1 amide bonds. The van der Waals surface area contributed by atoms with Crippen molar-refractivity contribution in [3.05, 3.63) is 53.5 Å². The van der Waals surface area contributed by atoms with Crippen molar-refractivity contribution in [2.24, 2.45) is 0 Å². The molecule has 0 spiro atoms. The summed E-state index contributed by atoms with van der Waals surface area (Å²) in [6.07, 6.45) is 0.943. The summed E-state index contributed by atoms with van der Waals surface area (Å²) in [6.45, 7) is 7.57. The molecule has 1 N–H and O–H groups in total. The number of furan rings is 1. The summed E-state index contributed by atoms with van der Waals surface area (Å²) in [7, 11) is 0. The van der Waals surface area contributed by atoms with Crippen LogP contribution in [0, 0.1) is 13.8 Å². The number of carbonyl (C=O) groups excluding carboxylic acids is 1. The van der Waals surface area contributed by atoms with Crippen LogP contribution in [0.25, 0.3) is 0 Å². The largest absolute Gasteiger partial charge is 0.491 e. The quantitative estimate of drug-likeness (QED) is 0.857. The van der Waals surface area contributed by atoms with E-state index in [4.69, 9.17) is 9.15 Å². The second-order valence-corrected chi connectivity index (χ2v) is 6.86. The van der Waals surface area contributed by atoms with Gasteiger partial charge >= 0.3 is 0 Å². The van der Waals surface area contributed by atoms with Gasteiger partial charge in [0.05, 0.1) is 6.26 Å². The van der Waals surface area contributed by atoms with Crippen molar-refractivity contribution in [3.8, 4) is 5.75 Å². The van der Waals surface area contributed by atoms with Gasteiger partial charge in [-0.2, -0.15) is 0 Å². The average Bonchev–Trinajstić information content (AvgIpc) is 3.14. The van der Waals surface area contributed by atoms with Crippen LogP contribution in [0.1, 0.15) is 21.7 Å². The van der Waals surface area contributed by atoms with Crippen LogP contribution in [0.15, 0.2) is 41.0 Å². The SMILES string of the molecule is Cc1cc(C)cc(OC[C@@H](O)CN2CCN(C(=O)c3ccco3)CC2)c1. The number of hydrogen-bond donors (Lipinski definition) is 1. The molecular formula is C20H26N2O4. The van der Waals surface area contributed by atoms with Gasteiger partial charge in [0.2, 0.25) is 0 Å². The van der Waals surface area contributed by atoms with Gasteiger partial charge < -0.3 is 19.2 Å². The minimum absolute atomic E-state index is 0.0756. The molecule has 1 fully saturated rings. The zero-order valence-corrected chi connectivity index (χ0v) is 15.4. The molecule has 26 heavy (non-hydrogen) atoms. The van der Waals surface area contributed by atoms with Crippen LogP contribution in [0.2, 0.25) is 0 Å². The summed E-state index contributed by atoms with van der Waals surface area (Å²) in [6, 6.07) is 9.43. The first-order chi connectivity index (χ1) is 12.5. The van der Waals surface area contributed by atoms with Crippen LogP contribution in [0.5, 0.6) is 5.75 Å². The van der Waals surface area contributed by atoms with Crippen molar-refractivity contribution in [3.63, 3.8) is 0 Å². The van der Waals surface area contributed by atoms with Gasteiger partial charge in [-0.1, -0.05) is 6.07 Å². The number of β-amino-alcohol motifs (C(OH)–C–C–N with tert-alkyl or cyclic N) is 1.